The lowest BCUT2D eigenvalue weighted by Crippen LogP contribution is -2.23. The van der Waals surface area contributed by atoms with Crippen molar-refractivity contribution in [2.75, 3.05) is 0 Å². The van der Waals surface area contributed by atoms with Crippen molar-refractivity contribution in [3.05, 3.63) is 65.4 Å². The Labute approximate surface area is 109 Å². The van der Waals surface area contributed by atoms with Crippen molar-refractivity contribution in [3.8, 4) is 0 Å². The fraction of sp³-hybridized carbons (Fsp3) is 0.133. The highest BCUT2D eigenvalue weighted by atomic mass is 31.1. The van der Waals surface area contributed by atoms with Gasteiger partial charge in [-0.15, -0.1) is 0 Å². The van der Waals surface area contributed by atoms with Gasteiger partial charge in [0.1, 0.15) is 5.69 Å². The summed E-state index contributed by atoms with van der Waals surface area (Å²) in [4.78, 5) is 0. The summed E-state index contributed by atoms with van der Waals surface area (Å²) in [5.74, 6) is 0. The molecule has 1 aliphatic heterocycles. The van der Waals surface area contributed by atoms with E-state index in [0.29, 0.717) is 0 Å². The van der Waals surface area contributed by atoms with E-state index < -0.39 is 0 Å². The van der Waals surface area contributed by atoms with Crippen molar-refractivity contribution < 1.29 is 0 Å². The Balaban J connectivity index is 2.23. The average molecular weight is 255 g/mol. The molecule has 2 aromatic carbocycles. The number of fused-ring (bicyclic) bond motifs is 1. The van der Waals surface area contributed by atoms with E-state index in [1.165, 1.54) is 5.29 Å². The van der Waals surface area contributed by atoms with E-state index in [1.54, 1.807) is 0 Å². The Hall–Kier alpha value is -1.47. The minimum atomic E-state index is -0.375. The van der Waals surface area contributed by atoms with Crippen LogP contribution in [-0.2, 0) is 0 Å². The normalized spacial score (nSPS) is 22.4. The molecule has 0 aliphatic carbocycles. The van der Waals surface area contributed by atoms with Crippen LogP contribution in [0, 0.1) is 5.21 Å². The molecular formula is C15H14NOP. The molecule has 2 nitrogen and oxygen atoms in total. The fourth-order valence-electron chi connectivity index (χ4n) is 2.35. The third-order valence-corrected chi connectivity index (χ3v) is 4.77. The maximum absolute atomic E-state index is 13.2. The van der Waals surface area contributed by atoms with Gasteiger partial charge in [0.15, 0.2) is 14.0 Å². The van der Waals surface area contributed by atoms with Crippen molar-refractivity contribution >= 4 is 25.0 Å². The van der Waals surface area contributed by atoms with Gasteiger partial charge in [0.25, 0.3) is 0 Å². The van der Waals surface area contributed by atoms with Gasteiger partial charge in [-0.2, -0.15) is 0 Å². The lowest BCUT2D eigenvalue weighted by atomic mass is 10.1. The highest BCUT2D eigenvalue weighted by molar-refractivity contribution is 7.42. The molecular weight excluding hydrogens is 241 g/mol. The molecule has 2 aromatic rings. The van der Waals surface area contributed by atoms with Gasteiger partial charge < -0.3 is 5.21 Å². The smallest absolute Gasteiger partial charge is 0.172 e. The Bertz CT molecular complexity index is 609. The van der Waals surface area contributed by atoms with Gasteiger partial charge in [0, 0.05) is 29.1 Å². The average Bonchev–Trinajstić information content (AvgIpc) is 2.75. The number of quaternary nitrogens is 1. The van der Waals surface area contributed by atoms with Crippen LogP contribution in [0.3, 0.4) is 0 Å². The lowest BCUT2D eigenvalue weighted by molar-refractivity contribution is 0.823. The molecule has 0 saturated carbocycles. The van der Waals surface area contributed by atoms with Crippen molar-refractivity contribution in [2.45, 2.75) is 13.3 Å². The Kier molecular flexibility index (Phi) is 2.79. The molecule has 0 N–H and O–H groups in total. The molecule has 0 saturated heterocycles. The van der Waals surface area contributed by atoms with E-state index in [-0.39, 0.29) is 4.42 Å². The van der Waals surface area contributed by atoms with Crippen LogP contribution in [0.1, 0.15) is 18.9 Å². The van der Waals surface area contributed by atoms with Crippen LogP contribution in [-0.4, -0.2) is 5.29 Å². The molecule has 0 amide bonds. The van der Waals surface area contributed by atoms with Crippen LogP contribution in [0.15, 0.2) is 54.6 Å². The van der Waals surface area contributed by atoms with Crippen LogP contribution < -0.4 is 4.42 Å². The summed E-state index contributed by atoms with van der Waals surface area (Å²) < 4.78 is -0.375. The quantitative estimate of drug-likeness (QED) is 0.566. The number of para-hydroxylation sites is 2. The Morgan fingerprint density at radius 2 is 1.67 bits per heavy atom. The molecule has 1 heterocycles. The van der Waals surface area contributed by atoms with Crippen LogP contribution in [0.4, 0.5) is 11.4 Å². The topological polar surface area (TPSA) is 23.1 Å². The number of hydrogen-bond donors (Lipinski definition) is 0. The van der Waals surface area contributed by atoms with Crippen LogP contribution >= 0.6 is 8.35 Å². The summed E-state index contributed by atoms with van der Waals surface area (Å²) in [7, 11) is 0.826. The number of rotatable bonds is 2. The molecule has 0 bridgehead atoms. The standard InChI is InChI=1S/C15H14NOP/c1-2-15-13-10-6-7-11-14(13)16(17,18-15)12-8-4-3-5-9-12/h3-11H,2H2,1H3. The van der Waals surface area contributed by atoms with Crippen LogP contribution in [0.5, 0.6) is 0 Å². The van der Waals surface area contributed by atoms with Gasteiger partial charge >= 0.3 is 0 Å². The second-order valence-electron chi connectivity index (χ2n) is 4.33. The summed E-state index contributed by atoms with van der Waals surface area (Å²) in [5, 5.41) is 14.4. The molecule has 1 unspecified atom stereocenters. The van der Waals surface area contributed by atoms with E-state index in [2.05, 4.69) is 13.0 Å². The van der Waals surface area contributed by atoms with Crippen LogP contribution in [0.2, 0.25) is 0 Å². The third kappa shape index (κ3) is 1.62. The molecule has 3 heteroatoms. The fourth-order valence-corrected chi connectivity index (χ4v) is 3.66. The van der Waals surface area contributed by atoms with E-state index >= 15 is 0 Å². The number of nitrogens with zero attached hydrogens (tertiary/aromatic N) is 1. The first-order chi connectivity index (χ1) is 8.75. The predicted molar refractivity (Wildman–Crippen MR) is 79.0 cm³/mol. The molecule has 3 rings (SSSR count). The molecule has 90 valence electrons. The Morgan fingerprint density at radius 3 is 2.39 bits per heavy atom. The Morgan fingerprint density at radius 1 is 1.00 bits per heavy atom. The zero-order valence-corrected chi connectivity index (χ0v) is 11.1. The minimum Gasteiger partial charge on any atom is -0.615 e. The first-order valence-electron chi connectivity index (χ1n) is 6.10. The summed E-state index contributed by atoms with van der Waals surface area (Å²) in [5.41, 5.74) is 2.79. The number of benzene rings is 2. The maximum atomic E-state index is 13.2. The largest absolute Gasteiger partial charge is 0.615 e. The van der Waals surface area contributed by atoms with E-state index in [1.807, 2.05) is 48.5 Å². The zero-order valence-electron chi connectivity index (χ0n) is 10.2. The summed E-state index contributed by atoms with van der Waals surface area (Å²) >= 11 is 0. The van der Waals surface area contributed by atoms with Gasteiger partial charge in [-0.05, 0) is 12.5 Å². The van der Waals surface area contributed by atoms with Crippen molar-refractivity contribution in [2.24, 2.45) is 0 Å². The molecule has 1 aliphatic rings. The van der Waals surface area contributed by atoms with Gasteiger partial charge in [-0.1, -0.05) is 37.3 Å². The van der Waals surface area contributed by atoms with Crippen molar-refractivity contribution in [3.63, 3.8) is 0 Å². The number of hydrogen-bond acceptors (Lipinski definition) is 1. The highest BCUT2D eigenvalue weighted by Gasteiger charge is 2.33. The highest BCUT2D eigenvalue weighted by Crippen LogP contribution is 2.49. The van der Waals surface area contributed by atoms with Gasteiger partial charge in [0.05, 0.1) is 0 Å². The second-order valence-corrected chi connectivity index (χ2v) is 5.63. The second kappa shape index (κ2) is 4.33. The predicted octanol–water partition coefficient (Wildman–Crippen LogP) is 4.63. The summed E-state index contributed by atoms with van der Waals surface area (Å²) in [6, 6.07) is 17.6. The molecule has 0 radical (unpaired) electrons. The van der Waals surface area contributed by atoms with Gasteiger partial charge in [-0.3, -0.25) is 0 Å². The molecule has 1 atom stereocenters. The molecule has 0 spiro atoms. The molecule has 0 aromatic heterocycles. The molecule has 0 fully saturated rings. The SMILES string of the molecule is CCC1=P[N+]([O-])(c2ccccc2)c2ccccc21. The first kappa shape index (κ1) is 11.6. The van der Waals surface area contributed by atoms with E-state index in [9.17, 15) is 5.21 Å². The lowest BCUT2D eigenvalue weighted by Gasteiger charge is -2.34. The minimum absolute atomic E-state index is 0.375. The van der Waals surface area contributed by atoms with Gasteiger partial charge in [0.2, 0.25) is 0 Å². The third-order valence-electron chi connectivity index (χ3n) is 3.24. The summed E-state index contributed by atoms with van der Waals surface area (Å²) in [6.07, 6.45) is 0.924. The van der Waals surface area contributed by atoms with Crippen LogP contribution in [0.25, 0.3) is 0 Å². The molecule has 18 heavy (non-hydrogen) atoms. The van der Waals surface area contributed by atoms with E-state index in [0.717, 1.165) is 31.7 Å². The van der Waals surface area contributed by atoms with Gasteiger partial charge in [-0.25, -0.2) is 4.42 Å². The van der Waals surface area contributed by atoms with E-state index in [4.69, 9.17) is 0 Å². The van der Waals surface area contributed by atoms with Crippen molar-refractivity contribution in [1.29, 1.82) is 0 Å². The summed E-state index contributed by atoms with van der Waals surface area (Å²) in [6.45, 7) is 2.11. The maximum Gasteiger partial charge on any atom is 0.172 e. The van der Waals surface area contributed by atoms with Crippen molar-refractivity contribution in [1.82, 2.24) is 4.42 Å². The monoisotopic (exact) mass is 255 g/mol. The zero-order chi connectivity index (χ0) is 12.6. The first-order valence-corrected chi connectivity index (χ1v) is 6.95.